The average Bonchev–Trinajstić information content (AvgIpc) is 2.55. The molecule has 0 aromatic rings. The summed E-state index contributed by atoms with van der Waals surface area (Å²) in [4.78, 5) is 11.5. The van der Waals surface area contributed by atoms with Crippen molar-refractivity contribution < 1.29 is 14.3 Å². The SMILES string of the molecule is CCCCCCCCCCCCCCC(=O)OCCC(C)OC. The van der Waals surface area contributed by atoms with Gasteiger partial charge in [-0.15, -0.1) is 0 Å². The van der Waals surface area contributed by atoms with Gasteiger partial charge in [-0.2, -0.15) is 0 Å². The van der Waals surface area contributed by atoms with Gasteiger partial charge < -0.3 is 9.47 Å². The maximum absolute atomic E-state index is 11.5. The smallest absolute Gasteiger partial charge is 0.305 e. The quantitative estimate of drug-likeness (QED) is 0.241. The van der Waals surface area contributed by atoms with Gasteiger partial charge in [0.25, 0.3) is 0 Å². The Balaban J connectivity index is 3.16. The second-order valence-electron chi connectivity index (χ2n) is 6.69. The predicted octanol–water partition coefficient (Wildman–Crippen LogP) is 6.05. The average molecular weight is 329 g/mol. The molecule has 0 rings (SSSR count). The molecular weight excluding hydrogens is 288 g/mol. The minimum atomic E-state index is -0.0552. The number of hydrogen-bond acceptors (Lipinski definition) is 3. The maximum atomic E-state index is 11.5. The molecule has 0 heterocycles. The first-order chi connectivity index (χ1) is 11.2. The second-order valence-corrected chi connectivity index (χ2v) is 6.69. The van der Waals surface area contributed by atoms with Crippen molar-refractivity contribution in [3.63, 3.8) is 0 Å². The molecule has 0 spiro atoms. The highest BCUT2D eigenvalue weighted by atomic mass is 16.5. The van der Waals surface area contributed by atoms with Crippen LogP contribution in [0.25, 0.3) is 0 Å². The summed E-state index contributed by atoms with van der Waals surface area (Å²) in [6.45, 7) is 4.73. The number of rotatable bonds is 17. The van der Waals surface area contributed by atoms with E-state index in [2.05, 4.69) is 6.92 Å². The van der Waals surface area contributed by atoms with Crippen LogP contribution in [-0.4, -0.2) is 25.8 Å². The minimum absolute atomic E-state index is 0.0552. The Morgan fingerprint density at radius 1 is 0.826 bits per heavy atom. The summed E-state index contributed by atoms with van der Waals surface area (Å²) in [5.74, 6) is -0.0552. The molecule has 0 aliphatic carbocycles. The summed E-state index contributed by atoms with van der Waals surface area (Å²) in [5, 5.41) is 0. The van der Waals surface area contributed by atoms with Crippen LogP contribution in [0, 0.1) is 0 Å². The monoisotopic (exact) mass is 328 g/mol. The molecule has 1 atom stereocenters. The molecule has 23 heavy (non-hydrogen) atoms. The summed E-state index contributed by atoms with van der Waals surface area (Å²) in [6.07, 6.45) is 17.3. The molecule has 0 bridgehead atoms. The fourth-order valence-corrected chi connectivity index (χ4v) is 2.64. The van der Waals surface area contributed by atoms with E-state index in [-0.39, 0.29) is 12.1 Å². The van der Waals surface area contributed by atoms with Gasteiger partial charge in [-0.3, -0.25) is 4.79 Å². The lowest BCUT2D eigenvalue weighted by Crippen LogP contribution is -2.12. The van der Waals surface area contributed by atoms with Crippen molar-refractivity contribution in [1.82, 2.24) is 0 Å². The lowest BCUT2D eigenvalue weighted by Gasteiger charge is -2.09. The molecule has 0 saturated heterocycles. The fourth-order valence-electron chi connectivity index (χ4n) is 2.64. The zero-order valence-corrected chi connectivity index (χ0v) is 15.9. The molecule has 0 aliphatic rings. The van der Waals surface area contributed by atoms with Crippen molar-refractivity contribution in [2.45, 2.75) is 110 Å². The zero-order valence-electron chi connectivity index (χ0n) is 15.9. The summed E-state index contributed by atoms with van der Waals surface area (Å²) < 4.78 is 10.3. The van der Waals surface area contributed by atoms with E-state index in [1.54, 1.807) is 7.11 Å². The molecule has 0 fully saturated rings. The molecule has 0 N–H and O–H groups in total. The highest BCUT2D eigenvalue weighted by Crippen LogP contribution is 2.12. The van der Waals surface area contributed by atoms with Crippen LogP contribution in [0.5, 0.6) is 0 Å². The Labute approximate surface area is 144 Å². The van der Waals surface area contributed by atoms with Crippen molar-refractivity contribution in [3.05, 3.63) is 0 Å². The van der Waals surface area contributed by atoms with E-state index in [1.165, 1.54) is 64.2 Å². The lowest BCUT2D eigenvalue weighted by molar-refractivity contribution is -0.144. The Bertz CT molecular complexity index is 253. The van der Waals surface area contributed by atoms with Crippen LogP contribution in [-0.2, 0) is 14.3 Å². The van der Waals surface area contributed by atoms with E-state index >= 15 is 0 Å². The predicted molar refractivity (Wildman–Crippen MR) is 97.7 cm³/mol. The van der Waals surface area contributed by atoms with Gasteiger partial charge in [0.2, 0.25) is 0 Å². The Morgan fingerprint density at radius 3 is 1.78 bits per heavy atom. The third-order valence-electron chi connectivity index (χ3n) is 4.42. The molecule has 3 heteroatoms. The Morgan fingerprint density at radius 2 is 1.30 bits per heavy atom. The molecule has 0 aromatic carbocycles. The lowest BCUT2D eigenvalue weighted by atomic mass is 10.0. The zero-order chi connectivity index (χ0) is 17.2. The van der Waals surface area contributed by atoms with Gasteiger partial charge in [-0.1, -0.05) is 77.6 Å². The first kappa shape index (κ1) is 22.4. The summed E-state index contributed by atoms with van der Waals surface area (Å²) >= 11 is 0. The van der Waals surface area contributed by atoms with Crippen molar-refractivity contribution in [3.8, 4) is 0 Å². The number of carbonyl (C=O) groups excluding carboxylic acids is 1. The number of esters is 1. The number of ether oxygens (including phenoxy) is 2. The van der Waals surface area contributed by atoms with Gasteiger partial charge in [0, 0.05) is 20.0 Å². The van der Waals surface area contributed by atoms with Gasteiger partial charge in [0.05, 0.1) is 12.7 Å². The van der Waals surface area contributed by atoms with Crippen LogP contribution < -0.4 is 0 Å². The summed E-state index contributed by atoms with van der Waals surface area (Å²) in [6, 6.07) is 0. The second kappa shape index (κ2) is 17.8. The molecule has 3 nitrogen and oxygen atoms in total. The normalized spacial score (nSPS) is 12.3. The topological polar surface area (TPSA) is 35.5 Å². The van der Waals surface area contributed by atoms with E-state index < -0.39 is 0 Å². The maximum Gasteiger partial charge on any atom is 0.305 e. The third kappa shape index (κ3) is 17.6. The highest BCUT2D eigenvalue weighted by molar-refractivity contribution is 5.69. The van der Waals surface area contributed by atoms with E-state index in [9.17, 15) is 4.79 Å². The third-order valence-corrected chi connectivity index (χ3v) is 4.42. The molecule has 138 valence electrons. The molecule has 1 unspecified atom stereocenters. The van der Waals surface area contributed by atoms with E-state index in [1.807, 2.05) is 6.92 Å². The van der Waals surface area contributed by atoms with Crippen molar-refractivity contribution in [2.75, 3.05) is 13.7 Å². The van der Waals surface area contributed by atoms with Crippen LogP contribution in [0.1, 0.15) is 104 Å². The highest BCUT2D eigenvalue weighted by Gasteiger charge is 2.04. The molecule has 0 aliphatic heterocycles. The van der Waals surface area contributed by atoms with Crippen LogP contribution in [0.4, 0.5) is 0 Å². The van der Waals surface area contributed by atoms with Crippen LogP contribution in [0.3, 0.4) is 0 Å². The summed E-state index contributed by atoms with van der Waals surface area (Å²) in [7, 11) is 1.68. The van der Waals surface area contributed by atoms with Crippen LogP contribution >= 0.6 is 0 Å². The van der Waals surface area contributed by atoms with Crippen molar-refractivity contribution in [1.29, 1.82) is 0 Å². The number of unbranched alkanes of at least 4 members (excludes halogenated alkanes) is 11. The standard InChI is InChI=1S/C20H40O3/c1-4-5-6-7-8-9-10-11-12-13-14-15-16-20(21)23-18-17-19(2)22-3/h19H,4-18H2,1-3H3. The fraction of sp³-hybridized carbons (Fsp3) is 0.950. The first-order valence-electron chi connectivity index (χ1n) is 9.89. The van der Waals surface area contributed by atoms with Crippen LogP contribution in [0.15, 0.2) is 0 Å². The largest absolute Gasteiger partial charge is 0.466 e. The van der Waals surface area contributed by atoms with Crippen molar-refractivity contribution in [2.24, 2.45) is 0 Å². The minimum Gasteiger partial charge on any atom is -0.466 e. The van der Waals surface area contributed by atoms with Gasteiger partial charge in [-0.25, -0.2) is 0 Å². The molecule has 0 radical (unpaired) electrons. The van der Waals surface area contributed by atoms with Crippen LogP contribution in [0.2, 0.25) is 0 Å². The Hall–Kier alpha value is -0.570. The van der Waals surface area contributed by atoms with Crippen molar-refractivity contribution >= 4 is 5.97 Å². The van der Waals surface area contributed by atoms with Gasteiger partial charge in [0.1, 0.15) is 0 Å². The molecule has 0 amide bonds. The molecular formula is C20H40O3. The number of hydrogen-bond donors (Lipinski definition) is 0. The molecule has 0 aromatic heterocycles. The van der Waals surface area contributed by atoms with Gasteiger partial charge in [-0.05, 0) is 13.3 Å². The van der Waals surface area contributed by atoms with Gasteiger partial charge in [0.15, 0.2) is 0 Å². The first-order valence-corrected chi connectivity index (χ1v) is 9.89. The summed E-state index contributed by atoms with van der Waals surface area (Å²) in [5.41, 5.74) is 0. The van der Waals surface area contributed by atoms with E-state index in [0.29, 0.717) is 13.0 Å². The number of carbonyl (C=O) groups is 1. The van der Waals surface area contributed by atoms with Gasteiger partial charge >= 0.3 is 5.97 Å². The molecule has 0 saturated carbocycles. The van der Waals surface area contributed by atoms with E-state index in [4.69, 9.17) is 9.47 Å². The Kier molecular flexibility index (Phi) is 17.3. The number of methoxy groups -OCH3 is 1. The van der Waals surface area contributed by atoms with E-state index in [0.717, 1.165) is 19.3 Å².